The summed E-state index contributed by atoms with van der Waals surface area (Å²) in [5.74, 6) is 5.44. The Hall–Kier alpha value is -0.940. The fourth-order valence-corrected chi connectivity index (χ4v) is 12.3. The van der Waals surface area contributed by atoms with Gasteiger partial charge in [0.25, 0.3) is 0 Å². The molecule has 4 nitrogen and oxygen atoms in total. The Morgan fingerprint density at radius 2 is 1.36 bits per heavy atom. The summed E-state index contributed by atoms with van der Waals surface area (Å²) in [6.07, 6.45) is 45.3. The maximum Gasteiger partial charge on any atom is 0.0644 e. The number of nitrogens with zero attached hydrogens (tertiary/aromatic N) is 1. The summed E-state index contributed by atoms with van der Waals surface area (Å²) in [7, 11) is 4.30. The highest BCUT2D eigenvalue weighted by atomic mass is 16.5. The van der Waals surface area contributed by atoms with E-state index in [-0.39, 0.29) is 0 Å². The lowest BCUT2D eigenvalue weighted by Crippen LogP contribution is -2.51. The van der Waals surface area contributed by atoms with Crippen molar-refractivity contribution < 1.29 is 14.2 Å². The first kappa shape index (κ1) is 49.7. The van der Waals surface area contributed by atoms with Gasteiger partial charge in [-0.15, -0.1) is 0 Å². The van der Waals surface area contributed by atoms with Crippen LogP contribution in [0.3, 0.4) is 0 Å². The van der Waals surface area contributed by atoms with Gasteiger partial charge in [0.15, 0.2) is 0 Å². The Kier molecular flexibility index (Phi) is 23.3. The molecule has 0 saturated heterocycles. The van der Waals surface area contributed by atoms with E-state index in [9.17, 15) is 0 Å². The van der Waals surface area contributed by atoms with E-state index in [1.54, 1.807) is 5.57 Å². The van der Waals surface area contributed by atoms with Crippen molar-refractivity contribution in [1.29, 1.82) is 0 Å². The molecule has 58 heavy (non-hydrogen) atoms. The van der Waals surface area contributed by atoms with Gasteiger partial charge in [0.2, 0.25) is 0 Å². The van der Waals surface area contributed by atoms with Gasteiger partial charge in [-0.2, -0.15) is 0 Å². The maximum absolute atomic E-state index is 6.57. The van der Waals surface area contributed by atoms with Crippen LogP contribution in [0.5, 0.6) is 0 Å². The molecule has 0 aromatic rings. The van der Waals surface area contributed by atoms with E-state index in [2.05, 4.69) is 90.9 Å². The van der Waals surface area contributed by atoms with E-state index in [1.165, 1.54) is 141 Å². The monoisotopic (exact) mass is 808 g/mol. The fourth-order valence-electron chi connectivity index (χ4n) is 12.3. The van der Waals surface area contributed by atoms with Crippen molar-refractivity contribution in [3.8, 4) is 0 Å². The molecule has 9 atom stereocenters. The lowest BCUT2D eigenvalue weighted by molar-refractivity contribution is -0.0643. The summed E-state index contributed by atoms with van der Waals surface area (Å²) in [4.78, 5) is 2.26. The summed E-state index contributed by atoms with van der Waals surface area (Å²) < 4.78 is 18.8. The first-order chi connectivity index (χ1) is 28.1. The number of allylic oxidation sites excluding steroid dienone is 5. The van der Waals surface area contributed by atoms with E-state index < -0.39 is 0 Å². The minimum Gasteiger partial charge on any atom is -0.380 e. The zero-order valence-electron chi connectivity index (χ0n) is 39.9. The third-order valence-corrected chi connectivity index (χ3v) is 16.1. The van der Waals surface area contributed by atoms with E-state index in [0.717, 1.165) is 87.8 Å². The fraction of sp³-hybridized carbons (Fsp3) is 0.889. The molecular formula is C54H97NO3. The molecule has 3 saturated carbocycles. The third-order valence-electron chi connectivity index (χ3n) is 16.1. The number of ether oxygens (including phenoxy) is 3. The molecule has 0 aromatic carbocycles. The van der Waals surface area contributed by atoms with Crippen LogP contribution in [-0.4, -0.2) is 64.2 Å². The van der Waals surface area contributed by atoms with E-state index in [4.69, 9.17) is 14.2 Å². The summed E-state index contributed by atoms with van der Waals surface area (Å²) in [5.41, 5.74) is 2.75. The maximum atomic E-state index is 6.57. The van der Waals surface area contributed by atoms with Crippen molar-refractivity contribution >= 4 is 0 Å². The summed E-state index contributed by atoms with van der Waals surface area (Å²) in [5, 5.41) is 0. The predicted molar refractivity (Wildman–Crippen MR) is 250 cm³/mol. The number of hydrogen-bond acceptors (Lipinski definition) is 4. The van der Waals surface area contributed by atoms with Crippen molar-refractivity contribution in [2.45, 2.75) is 214 Å². The first-order valence-electron chi connectivity index (χ1n) is 25.5. The molecule has 0 radical (unpaired) electrons. The van der Waals surface area contributed by atoms with Gasteiger partial charge in [-0.3, -0.25) is 0 Å². The topological polar surface area (TPSA) is 30.9 Å². The largest absolute Gasteiger partial charge is 0.380 e. The van der Waals surface area contributed by atoms with Gasteiger partial charge < -0.3 is 19.1 Å². The highest BCUT2D eigenvalue weighted by Crippen LogP contribution is 2.67. The number of unbranched alkanes of at least 4 members (excludes halogenated alkanes) is 10. The number of fused-ring (bicyclic) bond motifs is 5. The van der Waals surface area contributed by atoms with E-state index in [1.807, 2.05) is 0 Å². The molecule has 4 heteroatoms. The Labute approximate surface area is 361 Å². The van der Waals surface area contributed by atoms with Crippen molar-refractivity contribution in [2.75, 3.05) is 47.1 Å². The number of likely N-dealkylation sites (N-methyl/N-ethyl adjacent to an activating group) is 1. The molecule has 336 valence electrons. The highest BCUT2D eigenvalue weighted by molar-refractivity contribution is 5.25. The van der Waals surface area contributed by atoms with E-state index >= 15 is 0 Å². The van der Waals surface area contributed by atoms with Crippen LogP contribution >= 0.6 is 0 Å². The van der Waals surface area contributed by atoms with Crippen LogP contribution in [0, 0.1) is 46.3 Å². The second-order valence-electron chi connectivity index (χ2n) is 21.1. The molecule has 3 fully saturated rings. The third kappa shape index (κ3) is 15.8. The molecule has 4 rings (SSSR count). The van der Waals surface area contributed by atoms with Crippen LogP contribution in [0.2, 0.25) is 0 Å². The summed E-state index contributed by atoms with van der Waals surface area (Å²) in [6.45, 7) is 19.1. The van der Waals surface area contributed by atoms with Crippen LogP contribution in [0.1, 0.15) is 202 Å². The SMILES string of the molecule is CCCCC/C=C\C/C=C\CCCCCCCCOC[C@@H](COCCCCO[C@H]1CC[C@@]2(C)C(=CCC3C2CC[C@@]2(C)C3CC[C@@H]2[C@H](C)CCCC(C)C)C1)N(C)C. The smallest absolute Gasteiger partial charge is 0.0644 e. The Morgan fingerprint density at radius 1 is 0.707 bits per heavy atom. The average Bonchev–Trinajstić information content (AvgIpc) is 3.56. The Bertz CT molecular complexity index is 1170. The van der Waals surface area contributed by atoms with Crippen molar-refractivity contribution in [3.05, 3.63) is 36.0 Å². The molecule has 3 unspecified atom stereocenters. The van der Waals surface area contributed by atoms with Crippen LogP contribution in [0.15, 0.2) is 36.0 Å². The minimum atomic E-state index is 0.317. The van der Waals surface area contributed by atoms with E-state index in [0.29, 0.717) is 23.0 Å². The zero-order valence-corrected chi connectivity index (χ0v) is 39.9. The van der Waals surface area contributed by atoms with Gasteiger partial charge in [0.1, 0.15) is 0 Å². The van der Waals surface area contributed by atoms with Gasteiger partial charge in [0.05, 0.1) is 25.4 Å². The standard InChI is InChI=1S/C54H97NO3/c1-9-10-11-12-13-14-15-16-17-18-19-20-21-22-23-24-38-56-42-47(55(7)8)43-57-39-25-26-40-58-48-34-36-53(5)46(41-48)30-31-49-51-33-32-50(45(4)29-27-28-44(2)3)54(51,6)37-35-52(49)53/h13-14,16-17,30,44-45,47-52H,9-12,15,18-29,31-43H2,1-8H3/b14-13-,17-16-/t45-,47+,48+,49?,50-,51?,52?,53+,54-/m1/s1. The van der Waals surface area contributed by atoms with Crippen molar-refractivity contribution in [2.24, 2.45) is 46.3 Å². The van der Waals surface area contributed by atoms with Crippen LogP contribution in [0.25, 0.3) is 0 Å². The van der Waals surface area contributed by atoms with Crippen LogP contribution in [-0.2, 0) is 14.2 Å². The van der Waals surface area contributed by atoms with Crippen LogP contribution < -0.4 is 0 Å². The van der Waals surface area contributed by atoms with Gasteiger partial charge >= 0.3 is 0 Å². The lowest BCUT2D eigenvalue weighted by atomic mass is 9.47. The molecule has 0 bridgehead atoms. The van der Waals surface area contributed by atoms with Gasteiger partial charge in [0, 0.05) is 19.8 Å². The second-order valence-corrected chi connectivity index (χ2v) is 21.1. The molecule has 0 aromatic heterocycles. The first-order valence-corrected chi connectivity index (χ1v) is 25.5. The predicted octanol–water partition coefficient (Wildman–Crippen LogP) is 15.0. The van der Waals surface area contributed by atoms with Crippen LogP contribution in [0.4, 0.5) is 0 Å². The highest BCUT2D eigenvalue weighted by Gasteiger charge is 2.59. The normalized spacial score (nSPS) is 29.6. The molecule has 0 N–H and O–H groups in total. The van der Waals surface area contributed by atoms with Gasteiger partial charge in [-0.25, -0.2) is 0 Å². The lowest BCUT2D eigenvalue weighted by Gasteiger charge is -2.58. The Balaban J connectivity index is 1.01. The van der Waals surface area contributed by atoms with Crippen molar-refractivity contribution in [1.82, 2.24) is 4.90 Å². The second kappa shape index (κ2) is 27.2. The minimum absolute atomic E-state index is 0.317. The molecule has 4 aliphatic rings. The van der Waals surface area contributed by atoms with Crippen molar-refractivity contribution in [3.63, 3.8) is 0 Å². The zero-order chi connectivity index (χ0) is 41.6. The van der Waals surface area contributed by atoms with Gasteiger partial charge in [-0.05, 0) is 163 Å². The quantitative estimate of drug-likeness (QED) is 0.0516. The Morgan fingerprint density at radius 3 is 2.05 bits per heavy atom. The number of hydrogen-bond donors (Lipinski definition) is 0. The average molecular weight is 808 g/mol. The molecule has 0 amide bonds. The molecule has 4 aliphatic carbocycles. The molecule has 0 heterocycles. The number of rotatable bonds is 31. The molecule has 0 aliphatic heterocycles. The summed E-state index contributed by atoms with van der Waals surface area (Å²) >= 11 is 0. The molecular weight excluding hydrogens is 711 g/mol. The summed E-state index contributed by atoms with van der Waals surface area (Å²) in [6, 6.07) is 0.317. The molecule has 0 spiro atoms. The van der Waals surface area contributed by atoms with Gasteiger partial charge in [-0.1, -0.05) is 135 Å².